The molecule has 1 atom stereocenters. The van der Waals surface area contributed by atoms with E-state index in [0.29, 0.717) is 5.69 Å². The van der Waals surface area contributed by atoms with Crippen LogP contribution >= 0.6 is 0 Å². The lowest BCUT2D eigenvalue weighted by Gasteiger charge is -2.32. The number of amides is 1. The molecule has 1 unspecified atom stereocenters. The van der Waals surface area contributed by atoms with Gasteiger partial charge in [0.1, 0.15) is 5.82 Å². The molecule has 1 heterocycles. The molecule has 1 aliphatic heterocycles. The Kier molecular flexibility index (Phi) is 4.61. The van der Waals surface area contributed by atoms with Gasteiger partial charge in [0.15, 0.2) is 11.4 Å². The van der Waals surface area contributed by atoms with Crippen molar-refractivity contribution in [1.82, 2.24) is 0 Å². The van der Waals surface area contributed by atoms with E-state index in [1.807, 2.05) is 0 Å². The SMILES string of the molecule is CC1=C(/C=C/C(=O)CC2(O)C(=O)Nc3ccc(F)cc32)C(C)(C)CCC1. The number of ketones is 1. The van der Waals surface area contributed by atoms with Crippen LogP contribution in [0, 0.1) is 11.2 Å². The minimum absolute atomic E-state index is 0.00350. The highest BCUT2D eigenvalue weighted by Gasteiger charge is 2.46. The molecule has 1 amide bonds. The van der Waals surface area contributed by atoms with Crippen molar-refractivity contribution in [3.8, 4) is 0 Å². The molecule has 26 heavy (non-hydrogen) atoms. The van der Waals surface area contributed by atoms with E-state index in [0.717, 1.165) is 30.9 Å². The molecule has 0 saturated heterocycles. The van der Waals surface area contributed by atoms with Crippen molar-refractivity contribution in [2.75, 3.05) is 5.32 Å². The smallest absolute Gasteiger partial charge is 0.261 e. The summed E-state index contributed by atoms with van der Waals surface area (Å²) in [5, 5.41) is 13.3. The van der Waals surface area contributed by atoms with Crippen LogP contribution in [0.4, 0.5) is 10.1 Å². The molecular weight excluding hydrogens is 333 g/mol. The maximum absolute atomic E-state index is 13.5. The van der Waals surface area contributed by atoms with Gasteiger partial charge in [-0.05, 0) is 61.4 Å². The number of aliphatic hydroxyl groups is 1. The zero-order chi connectivity index (χ0) is 19.1. The largest absolute Gasteiger partial charge is 0.375 e. The normalized spacial score (nSPS) is 24.7. The van der Waals surface area contributed by atoms with Gasteiger partial charge in [0.25, 0.3) is 5.91 Å². The van der Waals surface area contributed by atoms with Gasteiger partial charge in [0, 0.05) is 11.3 Å². The third-order valence-electron chi connectivity index (χ3n) is 5.46. The number of nitrogens with one attached hydrogen (secondary N) is 1. The Morgan fingerprint density at radius 3 is 2.81 bits per heavy atom. The Bertz CT molecular complexity index is 838. The first-order valence-corrected chi connectivity index (χ1v) is 8.88. The van der Waals surface area contributed by atoms with Gasteiger partial charge in [-0.2, -0.15) is 0 Å². The Morgan fingerprint density at radius 1 is 1.38 bits per heavy atom. The summed E-state index contributed by atoms with van der Waals surface area (Å²) >= 11 is 0. The summed E-state index contributed by atoms with van der Waals surface area (Å²) in [5.74, 6) is -1.64. The molecule has 0 aromatic heterocycles. The number of hydrogen-bond acceptors (Lipinski definition) is 3. The highest BCUT2D eigenvalue weighted by molar-refractivity contribution is 6.08. The quantitative estimate of drug-likeness (QED) is 0.800. The molecule has 4 nitrogen and oxygen atoms in total. The number of hydrogen-bond donors (Lipinski definition) is 2. The first kappa shape index (κ1) is 18.5. The molecule has 1 aromatic rings. The van der Waals surface area contributed by atoms with Gasteiger partial charge >= 0.3 is 0 Å². The molecule has 1 aliphatic carbocycles. The van der Waals surface area contributed by atoms with Crippen LogP contribution in [0.25, 0.3) is 0 Å². The van der Waals surface area contributed by atoms with Crippen molar-refractivity contribution in [2.45, 2.75) is 52.1 Å². The fraction of sp³-hybridized carbons (Fsp3) is 0.429. The molecular formula is C21H24FNO3. The number of halogens is 1. The second kappa shape index (κ2) is 6.47. The van der Waals surface area contributed by atoms with E-state index in [4.69, 9.17) is 0 Å². The van der Waals surface area contributed by atoms with E-state index in [-0.39, 0.29) is 16.8 Å². The Labute approximate surface area is 152 Å². The average molecular weight is 357 g/mol. The summed E-state index contributed by atoms with van der Waals surface area (Å²) in [6.07, 6.45) is 6.01. The van der Waals surface area contributed by atoms with Gasteiger partial charge in [0.05, 0.1) is 6.42 Å². The van der Waals surface area contributed by atoms with Crippen molar-refractivity contribution < 1.29 is 19.1 Å². The maximum Gasteiger partial charge on any atom is 0.261 e. The monoisotopic (exact) mass is 357 g/mol. The van der Waals surface area contributed by atoms with Crippen LogP contribution in [0.3, 0.4) is 0 Å². The third kappa shape index (κ3) is 3.23. The minimum atomic E-state index is -2.04. The van der Waals surface area contributed by atoms with E-state index >= 15 is 0 Å². The Morgan fingerprint density at radius 2 is 2.12 bits per heavy atom. The predicted molar refractivity (Wildman–Crippen MR) is 98.0 cm³/mol. The topological polar surface area (TPSA) is 66.4 Å². The van der Waals surface area contributed by atoms with Crippen LogP contribution in [-0.2, 0) is 15.2 Å². The average Bonchev–Trinajstić information content (AvgIpc) is 2.77. The van der Waals surface area contributed by atoms with Gasteiger partial charge in [0.2, 0.25) is 0 Å². The zero-order valence-electron chi connectivity index (χ0n) is 15.4. The molecule has 5 heteroatoms. The first-order chi connectivity index (χ1) is 12.1. The van der Waals surface area contributed by atoms with Crippen LogP contribution in [0.1, 0.15) is 52.0 Å². The number of carbonyl (C=O) groups is 2. The van der Waals surface area contributed by atoms with Crippen LogP contribution in [0.5, 0.6) is 0 Å². The van der Waals surface area contributed by atoms with Crippen molar-refractivity contribution in [3.63, 3.8) is 0 Å². The molecule has 0 spiro atoms. The molecule has 1 aromatic carbocycles. The van der Waals surface area contributed by atoms with Gasteiger partial charge in [-0.1, -0.05) is 25.5 Å². The van der Waals surface area contributed by atoms with E-state index in [9.17, 15) is 19.1 Å². The number of allylic oxidation sites excluding steroid dienone is 4. The second-order valence-corrected chi connectivity index (χ2v) is 7.91. The number of rotatable bonds is 4. The van der Waals surface area contributed by atoms with Crippen molar-refractivity contribution in [2.24, 2.45) is 5.41 Å². The first-order valence-electron chi connectivity index (χ1n) is 8.88. The summed E-state index contributed by atoms with van der Waals surface area (Å²) in [5.41, 5.74) is 0.794. The second-order valence-electron chi connectivity index (χ2n) is 7.91. The molecule has 3 rings (SSSR count). The van der Waals surface area contributed by atoms with Crippen molar-refractivity contribution >= 4 is 17.4 Å². The molecule has 0 radical (unpaired) electrons. The lowest BCUT2D eigenvalue weighted by Crippen LogP contribution is -2.36. The standard InChI is InChI=1S/C21H24FNO3/c1-13-5-4-10-20(2,3)16(13)8-7-15(24)12-21(26)17-11-14(22)6-9-18(17)23-19(21)25/h6-9,11,26H,4-5,10,12H2,1-3H3,(H,23,25)/b8-7+. The van der Waals surface area contributed by atoms with E-state index in [1.54, 1.807) is 6.08 Å². The molecule has 2 aliphatic rings. The Balaban J connectivity index is 1.83. The summed E-state index contributed by atoms with van der Waals surface area (Å²) in [6.45, 7) is 6.37. The molecule has 138 valence electrons. The minimum Gasteiger partial charge on any atom is -0.375 e. The van der Waals surface area contributed by atoms with Crippen LogP contribution in [0.15, 0.2) is 41.5 Å². The van der Waals surface area contributed by atoms with Gasteiger partial charge in [-0.15, -0.1) is 0 Å². The summed E-state index contributed by atoms with van der Waals surface area (Å²) < 4.78 is 13.5. The summed E-state index contributed by atoms with van der Waals surface area (Å²) in [4.78, 5) is 24.7. The highest BCUT2D eigenvalue weighted by atomic mass is 19.1. The fourth-order valence-electron chi connectivity index (χ4n) is 3.99. The van der Waals surface area contributed by atoms with Crippen molar-refractivity contribution in [3.05, 3.63) is 52.9 Å². The van der Waals surface area contributed by atoms with E-state index in [2.05, 4.69) is 26.1 Å². The van der Waals surface area contributed by atoms with Gasteiger partial charge in [-0.25, -0.2) is 4.39 Å². The van der Waals surface area contributed by atoms with Crippen LogP contribution in [-0.4, -0.2) is 16.8 Å². The lowest BCUT2D eigenvalue weighted by molar-refractivity contribution is -0.138. The number of anilines is 1. The molecule has 0 bridgehead atoms. The maximum atomic E-state index is 13.5. The van der Waals surface area contributed by atoms with Crippen LogP contribution in [0.2, 0.25) is 0 Å². The molecule has 0 saturated carbocycles. The molecule has 0 fully saturated rings. The summed E-state index contributed by atoms with van der Waals surface area (Å²) in [6, 6.07) is 3.69. The fourth-order valence-corrected chi connectivity index (χ4v) is 3.99. The predicted octanol–water partition coefficient (Wildman–Crippen LogP) is 4.01. The number of carbonyl (C=O) groups excluding carboxylic acids is 2. The number of fused-ring (bicyclic) bond motifs is 1. The third-order valence-corrected chi connectivity index (χ3v) is 5.46. The zero-order valence-corrected chi connectivity index (χ0v) is 15.4. The lowest BCUT2D eigenvalue weighted by atomic mass is 9.72. The number of benzene rings is 1. The Hall–Kier alpha value is -2.27. The van der Waals surface area contributed by atoms with E-state index in [1.165, 1.54) is 23.8 Å². The van der Waals surface area contributed by atoms with Gasteiger partial charge in [-0.3, -0.25) is 9.59 Å². The summed E-state index contributed by atoms with van der Waals surface area (Å²) in [7, 11) is 0. The highest BCUT2D eigenvalue weighted by Crippen LogP contribution is 2.41. The van der Waals surface area contributed by atoms with Crippen molar-refractivity contribution in [1.29, 1.82) is 0 Å². The molecule has 2 N–H and O–H groups in total. The van der Waals surface area contributed by atoms with Crippen LogP contribution < -0.4 is 5.32 Å². The van der Waals surface area contributed by atoms with Gasteiger partial charge < -0.3 is 10.4 Å². The van der Waals surface area contributed by atoms with E-state index < -0.39 is 23.7 Å².